The van der Waals surface area contributed by atoms with E-state index < -0.39 is 16.4 Å². The number of nitro benzene ring substituents is 1. The molecule has 0 atom stereocenters. The minimum atomic E-state index is -0.716. The maximum atomic E-state index is 11.6. The minimum absolute atomic E-state index is 0.00969. The van der Waals surface area contributed by atoms with Gasteiger partial charge in [0.15, 0.2) is 5.75 Å². The molecule has 0 aliphatic carbocycles. The minimum Gasteiger partial charge on any atom is -0.500 e. The third kappa shape index (κ3) is 3.31. The summed E-state index contributed by atoms with van der Waals surface area (Å²) >= 11 is 5.93. The Bertz CT molecular complexity index is 672. The summed E-state index contributed by atoms with van der Waals surface area (Å²) in [7, 11) is 0. The molecule has 0 bridgehead atoms. The number of thioether (sulfide) groups is 1. The van der Waals surface area contributed by atoms with Crippen molar-refractivity contribution in [1.82, 2.24) is 5.32 Å². The fraction of sp³-hybridized carbons (Fsp3) is 0.167. The van der Waals surface area contributed by atoms with E-state index in [1.54, 1.807) is 6.92 Å². The molecule has 0 aromatic heterocycles. The number of amides is 1. The Kier molecular flexibility index (Phi) is 4.43. The molecule has 21 heavy (non-hydrogen) atoms. The van der Waals surface area contributed by atoms with Crippen LogP contribution in [0.3, 0.4) is 0 Å². The van der Waals surface area contributed by atoms with E-state index in [9.17, 15) is 20.0 Å². The van der Waals surface area contributed by atoms with Gasteiger partial charge in [-0.25, -0.2) is 0 Å². The fourth-order valence-electron chi connectivity index (χ4n) is 1.67. The highest BCUT2D eigenvalue weighted by atomic mass is 32.2. The summed E-state index contributed by atoms with van der Waals surface area (Å²) in [5, 5.41) is 23.2. The molecule has 1 aromatic rings. The number of rotatable bonds is 4. The van der Waals surface area contributed by atoms with E-state index in [1.807, 2.05) is 0 Å². The highest BCUT2D eigenvalue weighted by molar-refractivity contribution is 8.26. The first-order chi connectivity index (χ1) is 9.92. The maximum Gasteiger partial charge on any atom is 0.315 e. The normalized spacial score (nSPS) is 16.1. The van der Waals surface area contributed by atoms with Crippen molar-refractivity contribution in [2.45, 2.75) is 6.92 Å². The quantitative estimate of drug-likeness (QED) is 0.378. The monoisotopic (exact) mass is 326 g/mol. The van der Waals surface area contributed by atoms with Gasteiger partial charge < -0.3 is 15.2 Å². The number of hydrogen-bond acceptors (Lipinski definition) is 7. The molecule has 0 unspecified atom stereocenters. The van der Waals surface area contributed by atoms with Gasteiger partial charge in [0.1, 0.15) is 4.32 Å². The molecule has 1 aliphatic rings. The number of hydrogen-bond donors (Lipinski definition) is 2. The fourth-order valence-corrected chi connectivity index (χ4v) is 2.72. The van der Waals surface area contributed by atoms with Crippen LogP contribution in [0, 0.1) is 10.1 Å². The van der Waals surface area contributed by atoms with Gasteiger partial charge in [-0.1, -0.05) is 24.0 Å². The lowest BCUT2D eigenvalue weighted by Crippen LogP contribution is -2.17. The predicted octanol–water partition coefficient (Wildman–Crippen LogP) is 2.19. The molecule has 7 nitrogen and oxygen atoms in total. The van der Waals surface area contributed by atoms with Gasteiger partial charge in [-0.05, 0) is 24.6 Å². The van der Waals surface area contributed by atoms with Crippen LogP contribution in [0.1, 0.15) is 12.5 Å². The summed E-state index contributed by atoms with van der Waals surface area (Å²) < 4.78 is 5.49. The van der Waals surface area contributed by atoms with Crippen LogP contribution in [-0.2, 0) is 4.79 Å². The highest BCUT2D eigenvalue weighted by Crippen LogP contribution is 2.38. The number of benzene rings is 1. The smallest absolute Gasteiger partial charge is 0.315 e. The Morgan fingerprint density at radius 2 is 2.29 bits per heavy atom. The first-order valence-corrected chi connectivity index (χ1v) is 7.04. The van der Waals surface area contributed by atoms with Crippen molar-refractivity contribution in [2.75, 3.05) is 6.61 Å². The molecule has 2 N–H and O–H groups in total. The van der Waals surface area contributed by atoms with Crippen molar-refractivity contribution >= 4 is 46.0 Å². The molecule has 9 heteroatoms. The number of carbonyl (C=O) groups excluding carboxylic acids is 1. The first-order valence-electron chi connectivity index (χ1n) is 5.81. The Hall–Kier alpha value is -2.13. The molecule has 1 heterocycles. The second-order valence-electron chi connectivity index (χ2n) is 3.93. The molecule has 1 amide bonds. The van der Waals surface area contributed by atoms with Crippen molar-refractivity contribution < 1.29 is 19.6 Å². The van der Waals surface area contributed by atoms with Gasteiger partial charge in [-0.2, -0.15) is 0 Å². The summed E-state index contributed by atoms with van der Waals surface area (Å²) in [5.41, 5.74) is -0.121. The second kappa shape index (κ2) is 6.10. The van der Waals surface area contributed by atoms with Crippen LogP contribution >= 0.6 is 24.0 Å². The van der Waals surface area contributed by atoms with E-state index in [2.05, 4.69) is 5.32 Å². The lowest BCUT2D eigenvalue weighted by atomic mass is 10.1. The van der Waals surface area contributed by atoms with Crippen LogP contribution in [0.2, 0.25) is 0 Å². The number of carbonyl (C=O) groups is 1. The number of aromatic hydroxyl groups is 1. The maximum absolute atomic E-state index is 11.6. The van der Waals surface area contributed by atoms with Gasteiger partial charge in [0.25, 0.3) is 5.91 Å². The van der Waals surface area contributed by atoms with Gasteiger partial charge in [0.05, 0.1) is 16.4 Å². The summed E-state index contributed by atoms with van der Waals surface area (Å²) in [6, 6.07) is 2.59. The van der Waals surface area contributed by atoms with Crippen molar-refractivity contribution in [2.24, 2.45) is 0 Å². The summed E-state index contributed by atoms with van der Waals surface area (Å²) in [6.07, 6.45) is 1.45. The Morgan fingerprint density at radius 1 is 1.57 bits per heavy atom. The Morgan fingerprint density at radius 3 is 2.81 bits per heavy atom. The van der Waals surface area contributed by atoms with Crippen LogP contribution in [0.5, 0.6) is 11.5 Å². The molecule has 1 aromatic carbocycles. The van der Waals surface area contributed by atoms with Gasteiger partial charge in [0.2, 0.25) is 5.75 Å². The van der Waals surface area contributed by atoms with Crippen LogP contribution in [0.15, 0.2) is 17.0 Å². The van der Waals surface area contributed by atoms with Crippen LogP contribution < -0.4 is 10.1 Å². The van der Waals surface area contributed by atoms with E-state index in [0.29, 0.717) is 14.8 Å². The van der Waals surface area contributed by atoms with Crippen LogP contribution in [0.4, 0.5) is 5.69 Å². The van der Waals surface area contributed by atoms with Gasteiger partial charge in [-0.15, -0.1) is 0 Å². The SMILES string of the molecule is CCOc1cc(C=C2SC(=S)NC2=O)cc([N+](=O)[O-])c1O. The van der Waals surface area contributed by atoms with E-state index in [-0.39, 0.29) is 18.3 Å². The van der Waals surface area contributed by atoms with Crippen molar-refractivity contribution in [3.8, 4) is 11.5 Å². The van der Waals surface area contributed by atoms with Gasteiger partial charge in [0, 0.05) is 6.07 Å². The lowest BCUT2D eigenvalue weighted by Gasteiger charge is -2.07. The molecule has 110 valence electrons. The number of phenols is 1. The number of ether oxygens (including phenoxy) is 1. The third-order valence-corrected chi connectivity index (χ3v) is 3.68. The van der Waals surface area contributed by atoms with E-state index >= 15 is 0 Å². The number of phenolic OH excluding ortho intramolecular Hbond substituents is 1. The third-order valence-electron chi connectivity index (χ3n) is 2.51. The average molecular weight is 326 g/mol. The van der Waals surface area contributed by atoms with E-state index in [0.717, 1.165) is 11.8 Å². The molecule has 0 saturated carbocycles. The topological polar surface area (TPSA) is 102 Å². The van der Waals surface area contributed by atoms with Crippen LogP contribution in [0.25, 0.3) is 6.08 Å². The molecule has 1 fully saturated rings. The summed E-state index contributed by atoms with van der Waals surface area (Å²) in [5.74, 6) is -0.911. The Labute approximate surface area is 129 Å². The van der Waals surface area contributed by atoms with Crippen molar-refractivity contribution in [3.63, 3.8) is 0 Å². The molecule has 0 radical (unpaired) electrons. The summed E-state index contributed by atoms with van der Waals surface area (Å²) in [4.78, 5) is 22.1. The first kappa shape index (κ1) is 15.3. The number of nitro groups is 1. The van der Waals surface area contributed by atoms with Crippen molar-refractivity contribution in [1.29, 1.82) is 0 Å². The number of thiocarbonyl (C=S) groups is 1. The molecule has 2 rings (SSSR count). The molecule has 1 aliphatic heterocycles. The zero-order valence-electron chi connectivity index (χ0n) is 10.8. The molecule has 0 spiro atoms. The number of nitrogens with one attached hydrogen (secondary N) is 1. The van der Waals surface area contributed by atoms with Crippen molar-refractivity contribution in [3.05, 3.63) is 32.7 Å². The standard InChI is InChI=1S/C12H10N2O5S2/c1-2-19-8-4-6(3-7(10(8)15)14(17)18)5-9-11(16)13-12(20)21-9/h3-5,15H,2H2,1H3,(H,13,16,20). The molecular weight excluding hydrogens is 316 g/mol. The number of nitrogens with zero attached hydrogens (tertiary/aromatic N) is 1. The van der Waals surface area contributed by atoms with E-state index in [4.69, 9.17) is 17.0 Å². The Balaban J connectivity index is 2.49. The molecular formula is C12H10N2O5S2. The van der Waals surface area contributed by atoms with Gasteiger partial charge >= 0.3 is 5.69 Å². The average Bonchev–Trinajstić information content (AvgIpc) is 2.71. The summed E-state index contributed by atoms with van der Waals surface area (Å²) in [6.45, 7) is 1.93. The zero-order chi connectivity index (χ0) is 15.6. The highest BCUT2D eigenvalue weighted by Gasteiger charge is 2.24. The molecule has 1 saturated heterocycles. The largest absolute Gasteiger partial charge is 0.500 e. The zero-order valence-corrected chi connectivity index (χ0v) is 12.4. The second-order valence-corrected chi connectivity index (χ2v) is 5.65. The predicted molar refractivity (Wildman–Crippen MR) is 82.2 cm³/mol. The van der Waals surface area contributed by atoms with Crippen LogP contribution in [-0.4, -0.2) is 26.9 Å². The van der Waals surface area contributed by atoms with Gasteiger partial charge in [-0.3, -0.25) is 14.9 Å². The lowest BCUT2D eigenvalue weighted by molar-refractivity contribution is -0.386. The van der Waals surface area contributed by atoms with E-state index in [1.165, 1.54) is 18.2 Å².